The minimum absolute atomic E-state index is 0.0710. The van der Waals surface area contributed by atoms with Gasteiger partial charge in [-0.3, -0.25) is 4.79 Å². The Morgan fingerprint density at radius 1 is 1.43 bits per heavy atom. The fraction of sp³-hybridized carbons (Fsp3) is 0.875. The molecule has 1 saturated carbocycles. The third kappa shape index (κ3) is 2.37. The van der Waals surface area contributed by atoms with Gasteiger partial charge in [-0.15, -0.1) is 0 Å². The Balaban J connectivity index is 2.51. The van der Waals surface area contributed by atoms with Crippen LogP contribution >= 0.6 is 0 Å². The molecule has 0 saturated heterocycles. The number of hydrogen-bond donors (Lipinski definition) is 2. The van der Waals surface area contributed by atoms with Gasteiger partial charge in [0.15, 0.2) is 0 Å². The summed E-state index contributed by atoms with van der Waals surface area (Å²) < 4.78 is 35.6. The van der Waals surface area contributed by atoms with E-state index in [0.29, 0.717) is 0 Å². The van der Waals surface area contributed by atoms with Gasteiger partial charge in [-0.2, -0.15) is 13.2 Å². The SMILES string of the molecule is O=C(O)C1(CCC(F)(F)F)CC(O)C1. The summed E-state index contributed by atoms with van der Waals surface area (Å²) in [6.07, 6.45) is -6.78. The van der Waals surface area contributed by atoms with Gasteiger partial charge in [0.2, 0.25) is 0 Å². The van der Waals surface area contributed by atoms with E-state index in [2.05, 4.69) is 0 Å². The van der Waals surface area contributed by atoms with Crippen LogP contribution in [0, 0.1) is 5.41 Å². The van der Waals surface area contributed by atoms with E-state index in [0.717, 1.165) is 0 Å². The topological polar surface area (TPSA) is 57.5 Å². The summed E-state index contributed by atoms with van der Waals surface area (Å²) >= 11 is 0. The molecule has 0 aromatic heterocycles. The molecule has 0 aromatic carbocycles. The molecule has 1 aliphatic rings. The summed E-state index contributed by atoms with van der Waals surface area (Å²) in [6, 6.07) is 0. The lowest BCUT2D eigenvalue weighted by molar-refractivity contribution is -0.174. The van der Waals surface area contributed by atoms with Crippen molar-refractivity contribution >= 4 is 5.97 Å². The molecule has 2 N–H and O–H groups in total. The second-order valence-electron chi connectivity index (χ2n) is 3.76. The Hall–Kier alpha value is -0.780. The lowest BCUT2D eigenvalue weighted by atomic mass is 9.64. The molecule has 0 atom stereocenters. The number of aliphatic carboxylic acids is 1. The van der Waals surface area contributed by atoms with E-state index in [1.807, 2.05) is 0 Å². The Morgan fingerprint density at radius 3 is 2.21 bits per heavy atom. The zero-order valence-corrected chi connectivity index (χ0v) is 7.34. The third-order valence-corrected chi connectivity index (χ3v) is 2.59. The van der Waals surface area contributed by atoms with Crippen molar-refractivity contribution in [2.45, 2.75) is 38.0 Å². The molecule has 0 amide bonds. The zero-order valence-electron chi connectivity index (χ0n) is 7.34. The van der Waals surface area contributed by atoms with E-state index in [-0.39, 0.29) is 12.8 Å². The molecular formula is C8H11F3O3. The zero-order chi connectivity index (χ0) is 11.0. The summed E-state index contributed by atoms with van der Waals surface area (Å²) in [5.74, 6) is -1.24. The van der Waals surface area contributed by atoms with Crippen LogP contribution in [0.15, 0.2) is 0 Å². The van der Waals surface area contributed by atoms with Crippen LogP contribution in [0.3, 0.4) is 0 Å². The molecule has 0 heterocycles. The second-order valence-corrected chi connectivity index (χ2v) is 3.76. The average Bonchev–Trinajstić information content (AvgIpc) is 1.93. The van der Waals surface area contributed by atoms with E-state index >= 15 is 0 Å². The number of aliphatic hydroxyl groups is 1. The molecule has 0 bridgehead atoms. The highest BCUT2D eigenvalue weighted by atomic mass is 19.4. The van der Waals surface area contributed by atoms with E-state index in [9.17, 15) is 18.0 Å². The maximum Gasteiger partial charge on any atom is 0.389 e. The van der Waals surface area contributed by atoms with E-state index in [1.54, 1.807) is 0 Å². The van der Waals surface area contributed by atoms with Crippen LogP contribution < -0.4 is 0 Å². The number of aliphatic hydroxyl groups excluding tert-OH is 1. The maximum atomic E-state index is 11.9. The van der Waals surface area contributed by atoms with Gasteiger partial charge in [0.1, 0.15) is 0 Å². The lowest BCUT2D eigenvalue weighted by Crippen LogP contribution is -2.47. The highest BCUT2D eigenvalue weighted by Crippen LogP contribution is 2.46. The van der Waals surface area contributed by atoms with Crippen LogP contribution in [0.4, 0.5) is 13.2 Å². The van der Waals surface area contributed by atoms with Crippen LogP contribution in [0.5, 0.6) is 0 Å². The number of halogens is 3. The Kier molecular flexibility index (Phi) is 2.76. The van der Waals surface area contributed by atoms with Crippen LogP contribution in [-0.2, 0) is 4.79 Å². The predicted octanol–water partition coefficient (Wildman–Crippen LogP) is 1.55. The van der Waals surface area contributed by atoms with E-state index in [1.165, 1.54) is 0 Å². The van der Waals surface area contributed by atoms with E-state index in [4.69, 9.17) is 10.2 Å². The predicted molar refractivity (Wildman–Crippen MR) is 40.6 cm³/mol. The number of carbonyl (C=O) groups is 1. The Labute approximate surface area is 78.5 Å². The highest BCUT2D eigenvalue weighted by Gasteiger charge is 2.51. The van der Waals surface area contributed by atoms with Crippen LogP contribution in [0.1, 0.15) is 25.7 Å². The average molecular weight is 212 g/mol. The van der Waals surface area contributed by atoms with Crippen molar-refractivity contribution in [3.05, 3.63) is 0 Å². The van der Waals surface area contributed by atoms with Gasteiger partial charge in [0.25, 0.3) is 0 Å². The van der Waals surface area contributed by atoms with Gasteiger partial charge in [0.05, 0.1) is 11.5 Å². The molecule has 1 aliphatic carbocycles. The largest absolute Gasteiger partial charge is 0.481 e. The fourth-order valence-electron chi connectivity index (χ4n) is 1.71. The van der Waals surface area contributed by atoms with Crippen molar-refractivity contribution in [2.24, 2.45) is 5.41 Å². The van der Waals surface area contributed by atoms with Crippen molar-refractivity contribution < 1.29 is 28.2 Å². The number of alkyl halides is 3. The summed E-state index contributed by atoms with van der Waals surface area (Å²) in [7, 11) is 0. The van der Waals surface area contributed by atoms with Crippen molar-refractivity contribution in [3.63, 3.8) is 0 Å². The minimum atomic E-state index is -4.33. The van der Waals surface area contributed by atoms with Crippen molar-refractivity contribution in [1.29, 1.82) is 0 Å². The first kappa shape index (κ1) is 11.3. The van der Waals surface area contributed by atoms with Crippen molar-refractivity contribution in [3.8, 4) is 0 Å². The lowest BCUT2D eigenvalue weighted by Gasteiger charge is -2.41. The van der Waals surface area contributed by atoms with Gasteiger partial charge in [-0.25, -0.2) is 0 Å². The Bertz CT molecular complexity index is 230. The molecule has 14 heavy (non-hydrogen) atoms. The molecule has 0 radical (unpaired) electrons. The minimum Gasteiger partial charge on any atom is -0.481 e. The van der Waals surface area contributed by atoms with Gasteiger partial charge in [0, 0.05) is 6.42 Å². The first-order valence-electron chi connectivity index (χ1n) is 4.23. The number of carboxylic acid groups (broad SMARTS) is 1. The molecule has 0 spiro atoms. The molecule has 6 heteroatoms. The summed E-state index contributed by atoms with van der Waals surface area (Å²) in [6.45, 7) is 0. The summed E-state index contributed by atoms with van der Waals surface area (Å²) in [4.78, 5) is 10.7. The molecule has 0 unspecified atom stereocenters. The molecule has 0 aliphatic heterocycles. The molecule has 0 aromatic rings. The van der Waals surface area contributed by atoms with Crippen molar-refractivity contribution in [1.82, 2.24) is 0 Å². The van der Waals surface area contributed by atoms with Crippen LogP contribution in [0.25, 0.3) is 0 Å². The number of hydrogen-bond acceptors (Lipinski definition) is 2. The Morgan fingerprint density at radius 2 is 1.93 bits per heavy atom. The highest BCUT2D eigenvalue weighted by molar-refractivity contribution is 5.76. The second kappa shape index (κ2) is 3.42. The molecule has 1 rings (SSSR count). The number of rotatable bonds is 3. The van der Waals surface area contributed by atoms with Crippen molar-refractivity contribution in [2.75, 3.05) is 0 Å². The van der Waals surface area contributed by atoms with Gasteiger partial charge < -0.3 is 10.2 Å². The fourth-order valence-corrected chi connectivity index (χ4v) is 1.71. The monoisotopic (exact) mass is 212 g/mol. The molecule has 3 nitrogen and oxygen atoms in total. The standard InChI is InChI=1S/C8H11F3O3/c9-8(10,11)2-1-7(6(13)14)3-5(12)4-7/h5,12H,1-4H2,(H,13,14). The maximum absolute atomic E-state index is 11.9. The third-order valence-electron chi connectivity index (χ3n) is 2.59. The molecule has 82 valence electrons. The van der Waals surface area contributed by atoms with Gasteiger partial charge in [-0.1, -0.05) is 0 Å². The number of carboxylic acids is 1. The first-order chi connectivity index (χ1) is 6.25. The summed E-state index contributed by atoms with van der Waals surface area (Å²) in [5, 5.41) is 17.6. The first-order valence-corrected chi connectivity index (χ1v) is 4.23. The normalized spacial score (nSPS) is 32.4. The molecular weight excluding hydrogens is 201 g/mol. The smallest absolute Gasteiger partial charge is 0.389 e. The molecule has 1 fully saturated rings. The quantitative estimate of drug-likeness (QED) is 0.746. The van der Waals surface area contributed by atoms with Gasteiger partial charge >= 0.3 is 12.1 Å². The summed E-state index contributed by atoms with van der Waals surface area (Å²) in [5.41, 5.74) is -1.35. The van der Waals surface area contributed by atoms with Crippen LogP contribution in [0.2, 0.25) is 0 Å². The van der Waals surface area contributed by atoms with E-state index < -0.39 is 36.5 Å². The van der Waals surface area contributed by atoms with Gasteiger partial charge in [-0.05, 0) is 19.3 Å². The van der Waals surface area contributed by atoms with Crippen LogP contribution in [-0.4, -0.2) is 28.5 Å².